The van der Waals surface area contributed by atoms with E-state index in [0.717, 1.165) is 19.3 Å². The Morgan fingerprint density at radius 1 is 1.29 bits per heavy atom. The van der Waals surface area contributed by atoms with Crippen LogP contribution >= 0.6 is 11.8 Å². The molecule has 21 heavy (non-hydrogen) atoms. The zero-order valence-corrected chi connectivity index (χ0v) is 13.4. The summed E-state index contributed by atoms with van der Waals surface area (Å²) in [7, 11) is 0. The Balaban J connectivity index is 2.62. The highest BCUT2D eigenvalue weighted by atomic mass is 32.2. The van der Waals surface area contributed by atoms with Crippen LogP contribution in [0, 0.1) is 0 Å². The Morgan fingerprint density at radius 2 is 1.95 bits per heavy atom. The molecule has 0 heterocycles. The van der Waals surface area contributed by atoms with E-state index in [4.69, 9.17) is 5.11 Å². The molecule has 2 N–H and O–H groups in total. The lowest BCUT2D eigenvalue weighted by Gasteiger charge is -2.14. The molecule has 0 radical (unpaired) electrons. The molecule has 0 aliphatic carbocycles. The van der Waals surface area contributed by atoms with Gasteiger partial charge in [-0.25, -0.2) is 4.79 Å². The third-order valence-electron chi connectivity index (χ3n) is 3.25. The van der Waals surface area contributed by atoms with Crippen molar-refractivity contribution in [1.29, 1.82) is 0 Å². The molecule has 0 aliphatic rings. The second kappa shape index (κ2) is 9.45. The van der Waals surface area contributed by atoms with Gasteiger partial charge in [-0.3, -0.25) is 4.79 Å². The van der Waals surface area contributed by atoms with Gasteiger partial charge in [-0.05, 0) is 49.0 Å². The molecular weight excluding hydrogens is 286 g/mol. The van der Waals surface area contributed by atoms with Crippen LogP contribution in [0.3, 0.4) is 0 Å². The zero-order chi connectivity index (χ0) is 15.7. The molecule has 0 spiro atoms. The molecular formula is C16H23NO3S. The van der Waals surface area contributed by atoms with Gasteiger partial charge in [0.25, 0.3) is 5.91 Å². The highest BCUT2D eigenvalue weighted by molar-refractivity contribution is 7.98. The van der Waals surface area contributed by atoms with E-state index in [1.54, 1.807) is 23.9 Å². The molecule has 0 unspecified atom stereocenters. The van der Waals surface area contributed by atoms with Crippen molar-refractivity contribution in [2.24, 2.45) is 0 Å². The number of carboxylic acids is 1. The first kappa shape index (κ1) is 17.6. The Hall–Kier alpha value is -1.49. The number of hydrogen-bond donors (Lipinski definition) is 2. The minimum atomic E-state index is -0.989. The average Bonchev–Trinajstić information content (AvgIpc) is 2.49. The normalized spacial score (nSPS) is 11.9. The Bertz CT molecular complexity index is 459. The van der Waals surface area contributed by atoms with Crippen LogP contribution in [-0.4, -0.2) is 35.0 Å². The zero-order valence-electron chi connectivity index (χ0n) is 12.6. The molecule has 4 nitrogen and oxygen atoms in total. The van der Waals surface area contributed by atoms with E-state index in [1.807, 2.05) is 18.4 Å². The van der Waals surface area contributed by atoms with Crippen molar-refractivity contribution < 1.29 is 14.7 Å². The fourth-order valence-electron chi connectivity index (χ4n) is 1.94. The van der Waals surface area contributed by atoms with Crippen molar-refractivity contribution in [2.45, 2.75) is 38.6 Å². The average molecular weight is 309 g/mol. The minimum absolute atomic E-state index is 0.328. The van der Waals surface area contributed by atoms with Gasteiger partial charge < -0.3 is 10.4 Å². The summed E-state index contributed by atoms with van der Waals surface area (Å²) >= 11 is 1.57. The Labute approximate surface area is 130 Å². The number of carbonyl (C=O) groups excluding carboxylic acids is 1. The largest absolute Gasteiger partial charge is 0.480 e. The van der Waals surface area contributed by atoms with Crippen LogP contribution in [0.25, 0.3) is 0 Å². The van der Waals surface area contributed by atoms with Gasteiger partial charge in [0.05, 0.1) is 0 Å². The fraction of sp³-hybridized carbons (Fsp3) is 0.500. The Morgan fingerprint density at radius 3 is 2.48 bits per heavy atom. The van der Waals surface area contributed by atoms with Crippen molar-refractivity contribution in [3.63, 3.8) is 0 Å². The minimum Gasteiger partial charge on any atom is -0.480 e. The summed E-state index contributed by atoms with van der Waals surface area (Å²) in [5.41, 5.74) is 1.70. The molecule has 116 valence electrons. The van der Waals surface area contributed by atoms with Gasteiger partial charge in [0.2, 0.25) is 0 Å². The molecule has 0 saturated heterocycles. The van der Waals surface area contributed by atoms with Crippen LogP contribution in [-0.2, 0) is 11.2 Å². The van der Waals surface area contributed by atoms with E-state index in [9.17, 15) is 9.59 Å². The summed E-state index contributed by atoms with van der Waals surface area (Å²) in [6.07, 6.45) is 5.61. The number of amides is 1. The Kier molecular flexibility index (Phi) is 7.90. The highest BCUT2D eigenvalue weighted by Gasteiger charge is 2.19. The molecule has 5 heteroatoms. The molecule has 0 aliphatic heterocycles. The summed E-state index contributed by atoms with van der Waals surface area (Å²) in [5, 5.41) is 11.7. The molecule has 1 amide bonds. The van der Waals surface area contributed by atoms with Gasteiger partial charge in [-0.2, -0.15) is 11.8 Å². The number of unbranched alkanes of at least 4 members (excludes halogenated alkanes) is 1. The third kappa shape index (κ3) is 6.21. The molecule has 0 aromatic heterocycles. The van der Waals surface area contributed by atoms with Crippen LogP contribution in [0.2, 0.25) is 0 Å². The predicted octanol–water partition coefficient (Wildman–Crippen LogP) is 2.97. The monoisotopic (exact) mass is 309 g/mol. The number of aliphatic carboxylic acids is 1. The summed E-state index contributed by atoms with van der Waals surface area (Å²) in [6.45, 7) is 2.14. The summed E-state index contributed by atoms with van der Waals surface area (Å²) in [5.74, 6) is -0.616. The predicted molar refractivity (Wildman–Crippen MR) is 86.9 cm³/mol. The number of thioether (sulfide) groups is 1. The van der Waals surface area contributed by atoms with Crippen molar-refractivity contribution >= 4 is 23.6 Å². The van der Waals surface area contributed by atoms with Crippen LogP contribution < -0.4 is 5.32 Å². The van der Waals surface area contributed by atoms with E-state index >= 15 is 0 Å². The number of rotatable bonds is 9. The van der Waals surface area contributed by atoms with E-state index in [2.05, 4.69) is 12.2 Å². The van der Waals surface area contributed by atoms with Crippen LogP contribution in [0.15, 0.2) is 24.3 Å². The number of benzene rings is 1. The van der Waals surface area contributed by atoms with E-state index < -0.39 is 12.0 Å². The van der Waals surface area contributed by atoms with Crippen molar-refractivity contribution in [1.82, 2.24) is 5.32 Å². The first-order valence-corrected chi connectivity index (χ1v) is 8.59. The summed E-state index contributed by atoms with van der Waals surface area (Å²) in [4.78, 5) is 23.2. The lowest BCUT2D eigenvalue weighted by Crippen LogP contribution is -2.41. The standard InChI is InChI=1S/C16H23NO3S/c1-3-4-5-12-6-8-13(9-7-12)15(18)17-14(16(19)20)10-11-21-2/h6-9,14H,3-5,10-11H2,1-2H3,(H,17,18)(H,19,20)/t14-/m1/s1. The van der Waals surface area contributed by atoms with Crippen LogP contribution in [0.4, 0.5) is 0 Å². The number of carbonyl (C=O) groups is 2. The number of carboxylic acid groups (broad SMARTS) is 1. The van der Waals surface area contributed by atoms with Gasteiger partial charge >= 0.3 is 5.97 Å². The molecule has 1 aromatic carbocycles. The molecule has 0 bridgehead atoms. The first-order chi connectivity index (χ1) is 10.1. The SMILES string of the molecule is CCCCc1ccc(C(=O)N[C@H](CCSC)C(=O)O)cc1. The second-order valence-electron chi connectivity index (χ2n) is 4.95. The lowest BCUT2D eigenvalue weighted by atomic mass is 10.1. The highest BCUT2D eigenvalue weighted by Crippen LogP contribution is 2.09. The van der Waals surface area contributed by atoms with Gasteiger partial charge in [-0.1, -0.05) is 25.5 Å². The van der Waals surface area contributed by atoms with Crippen LogP contribution in [0.5, 0.6) is 0 Å². The molecule has 1 aromatic rings. The maximum absolute atomic E-state index is 12.1. The maximum Gasteiger partial charge on any atom is 0.326 e. The van der Waals surface area contributed by atoms with E-state index in [-0.39, 0.29) is 5.91 Å². The van der Waals surface area contributed by atoms with Crippen LogP contribution in [0.1, 0.15) is 42.1 Å². The molecule has 0 saturated carbocycles. The van der Waals surface area contributed by atoms with Gasteiger partial charge in [-0.15, -0.1) is 0 Å². The van der Waals surface area contributed by atoms with Crippen molar-refractivity contribution in [2.75, 3.05) is 12.0 Å². The van der Waals surface area contributed by atoms with Crippen molar-refractivity contribution in [3.05, 3.63) is 35.4 Å². The van der Waals surface area contributed by atoms with Gasteiger partial charge in [0.15, 0.2) is 0 Å². The smallest absolute Gasteiger partial charge is 0.326 e. The third-order valence-corrected chi connectivity index (χ3v) is 3.89. The molecule has 1 rings (SSSR count). The fourth-order valence-corrected chi connectivity index (χ4v) is 2.41. The topological polar surface area (TPSA) is 66.4 Å². The summed E-state index contributed by atoms with van der Waals surface area (Å²) < 4.78 is 0. The van der Waals surface area contributed by atoms with Crippen molar-refractivity contribution in [3.8, 4) is 0 Å². The number of nitrogens with one attached hydrogen (secondary N) is 1. The first-order valence-electron chi connectivity index (χ1n) is 7.20. The van der Waals surface area contributed by atoms with E-state index in [0.29, 0.717) is 17.7 Å². The van der Waals surface area contributed by atoms with Gasteiger partial charge in [0, 0.05) is 5.56 Å². The lowest BCUT2D eigenvalue weighted by molar-refractivity contribution is -0.139. The number of hydrogen-bond acceptors (Lipinski definition) is 3. The second-order valence-corrected chi connectivity index (χ2v) is 5.93. The maximum atomic E-state index is 12.1. The molecule has 1 atom stereocenters. The number of aryl methyl sites for hydroxylation is 1. The molecule has 0 fully saturated rings. The van der Waals surface area contributed by atoms with E-state index in [1.165, 1.54) is 5.56 Å². The quantitative estimate of drug-likeness (QED) is 0.736. The summed E-state index contributed by atoms with van der Waals surface area (Å²) in [6, 6.07) is 6.55. The van der Waals surface area contributed by atoms with Gasteiger partial charge in [0.1, 0.15) is 6.04 Å².